The number of nitrogens with zero attached hydrogens (tertiary/aromatic N) is 3. The zero-order valence-corrected chi connectivity index (χ0v) is 10.5. The van der Waals surface area contributed by atoms with Gasteiger partial charge < -0.3 is 5.32 Å². The number of hydrogen-bond acceptors (Lipinski definition) is 4. The van der Waals surface area contributed by atoms with Gasteiger partial charge in [0.05, 0.1) is 23.4 Å². The van der Waals surface area contributed by atoms with Crippen LogP contribution in [0.3, 0.4) is 0 Å². The minimum Gasteiger partial charge on any atom is -0.375 e. The minimum absolute atomic E-state index is 0.275. The van der Waals surface area contributed by atoms with Gasteiger partial charge in [-0.3, -0.25) is 9.67 Å². The SMILES string of the molecule is CC(Nc1cnn(C(C)C)c1)c1cncs1. The van der Waals surface area contributed by atoms with Crippen LogP contribution in [0.2, 0.25) is 0 Å². The first-order valence-electron chi connectivity index (χ1n) is 5.36. The highest BCUT2D eigenvalue weighted by molar-refractivity contribution is 7.09. The van der Waals surface area contributed by atoms with Crippen LogP contribution in [-0.2, 0) is 0 Å². The summed E-state index contributed by atoms with van der Waals surface area (Å²) in [6.45, 7) is 6.35. The van der Waals surface area contributed by atoms with Gasteiger partial charge in [-0.2, -0.15) is 5.10 Å². The molecule has 0 fully saturated rings. The third-order valence-electron chi connectivity index (χ3n) is 2.39. The Morgan fingerprint density at radius 3 is 2.69 bits per heavy atom. The normalized spacial score (nSPS) is 13.0. The van der Waals surface area contributed by atoms with Gasteiger partial charge in [0.25, 0.3) is 0 Å². The molecule has 0 aliphatic carbocycles. The van der Waals surface area contributed by atoms with Crippen molar-refractivity contribution in [3.63, 3.8) is 0 Å². The van der Waals surface area contributed by atoms with Crippen molar-refractivity contribution in [3.8, 4) is 0 Å². The van der Waals surface area contributed by atoms with Crippen LogP contribution >= 0.6 is 11.3 Å². The second kappa shape index (κ2) is 4.65. The van der Waals surface area contributed by atoms with Gasteiger partial charge in [-0.05, 0) is 20.8 Å². The number of thiazole rings is 1. The zero-order valence-electron chi connectivity index (χ0n) is 9.71. The van der Waals surface area contributed by atoms with Crippen molar-refractivity contribution < 1.29 is 0 Å². The van der Waals surface area contributed by atoms with Crippen LogP contribution in [0, 0.1) is 0 Å². The molecule has 1 unspecified atom stereocenters. The van der Waals surface area contributed by atoms with Crippen molar-refractivity contribution in [3.05, 3.63) is 29.0 Å². The summed E-state index contributed by atoms with van der Waals surface area (Å²) in [5.41, 5.74) is 2.90. The molecule has 0 amide bonds. The van der Waals surface area contributed by atoms with Crippen LogP contribution in [-0.4, -0.2) is 14.8 Å². The summed E-state index contributed by atoms with van der Waals surface area (Å²) in [5, 5.41) is 7.70. The smallest absolute Gasteiger partial charge is 0.0795 e. The van der Waals surface area contributed by atoms with Crippen molar-refractivity contribution in [2.45, 2.75) is 32.9 Å². The molecule has 0 aliphatic heterocycles. The standard InChI is InChI=1S/C11H16N4S/c1-8(2)15-6-10(4-13-15)14-9(3)11-5-12-7-16-11/h4-9,14H,1-3H3. The molecule has 0 aliphatic rings. The minimum atomic E-state index is 0.275. The first-order valence-corrected chi connectivity index (χ1v) is 6.24. The van der Waals surface area contributed by atoms with Gasteiger partial charge in [-0.1, -0.05) is 0 Å². The number of aromatic nitrogens is 3. The molecule has 0 radical (unpaired) electrons. The molecule has 1 atom stereocenters. The average molecular weight is 236 g/mol. The van der Waals surface area contributed by atoms with E-state index < -0.39 is 0 Å². The lowest BCUT2D eigenvalue weighted by atomic mass is 10.3. The van der Waals surface area contributed by atoms with Crippen LogP contribution < -0.4 is 5.32 Å². The van der Waals surface area contributed by atoms with Crippen LogP contribution in [0.5, 0.6) is 0 Å². The molecule has 0 saturated heterocycles. The number of rotatable bonds is 4. The van der Waals surface area contributed by atoms with Gasteiger partial charge in [-0.25, -0.2) is 0 Å². The molecule has 0 aromatic carbocycles. The van der Waals surface area contributed by atoms with E-state index in [0.29, 0.717) is 6.04 Å². The molecule has 86 valence electrons. The molecule has 2 heterocycles. The lowest BCUT2D eigenvalue weighted by molar-refractivity contribution is 0.532. The molecule has 0 saturated carbocycles. The highest BCUT2D eigenvalue weighted by Crippen LogP contribution is 2.21. The zero-order chi connectivity index (χ0) is 11.5. The fraction of sp³-hybridized carbons (Fsp3) is 0.455. The maximum absolute atomic E-state index is 4.29. The van der Waals surface area contributed by atoms with Crippen molar-refractivity contribution >= 4 is 17.0 Å². The first kappa shape index (κ1) is 11.1. The van der Waals surface area contributed by atoms with Crippen LogP contribution in [0.1, 0.15) is 37.7 Å². The summed E-state index contributed by atoms with van der Waals surface area (Å²) in [4.78, 5) is 5.31. The maximum Gasteiger partial charge on any atom is 0.0795 e. The maximum atomic E-state index is 4.29. The monoisotopic (exact) mass is 236 g/mol. The molecule has 2 aromatic rings. The lowest BCUT2D eigenvalue weighted by Crippen LogP contribution is -2.04. The van der Waals surface area contributed by atoms with E-state index in [2.05, 4.69) is 36.2 Å². The fourth-order valence-corrected chi connectivity index (χ4v) is 2.08. The summed E-state index contributed by atoms with van der Waals surface area (Å²) < 4.78 is 1.95. The quantitative estimate of drug-likeness (QED) is 0.887. The predicted molar refractivity (Wildman–Crippen MR) is 66.8 cm³/mol. The molecule has 2 rings (SSSR count). The van der Waals surface area contributed by atoms with Crippen molar-refractivity contribution in [2.24, 2.45) is 0 Å². The first-order chi connectivity index (χ1) is 7.66. The van der Waals surface area contributed by atoms with Crippen LogP contribution in [0.15, 0.2) is 24.1 Å². The molecule has 16 heavy (non-hydrogen) atoms. The van der Waals surface area contributed by atoms with Crippen LogP contribution in [0.4, 0.5) is 5.69 Å². The molecular weight excluding hydrogens is 220 g/mol. The Labute approximate surface area is 99.3 Å². The van der Waals surface area contributed by atoms with E-state index in [1.807, 2.05) is 28.8 Å². The highest BCUT2D eigenvalue weighted by Gasteiger charge is 2.08. The van der Waals surface area contributed by atoms with Gasteiger partial charge >= 0.3 is 0 Å². The Morgan fingerprint density at radius 2 is 2.12 bits per heavy atom. The largest absolute Gasteiger partial charge is 0.375 e. The summed E-state index contributed by atoms with van der Waals surface area (Å²) in [5.74, 6) is 0. The van der Waals surface area contributed by atoms with E-state index in [9.17, 15) is 0 Å². The number of hydrogen-bond donors (Lipinski definition) is 1. The molecule has 1 N–H and O–H groups in total. The molecule has 5 heteroatoms. The van der Waals surface area contributed by atoms with Gasteiger partial charge in [0.2, 0.25) is 0 Å². The molecular formula is C11H16N4S. The summed E-state index contributed by atoms with van der Waals surface area (Å²) >= 11 is 1.66. The summed E-state index contributed by atoms with van der Waals surface area (Å²) in [6.07, 6.45) is 5.79. The Balaban J connectivity index is 2.03. The van der Waals surface area contributed by atoms with E-state index in [0.717, 1.165) is 5.69 Å². The van der Waals surface area contributed by atoms with E-state index in [1.54, 1.807) is 11.3 Å². The van der Waals surface area contributed by atoms with Gasteiger partial charge in [0, 0.05) is 23.3 Å². The molecule has 0 spiro atoms. The molecule has 2 aromatic heterocycles. The lowest BCUT2D eigenvalue weighted by Gasteiger charge is -2.10. The summed E-state index contributed by atoms with van der Waals surface area (Å²) in [7, 11) is 0. The topological polar surface area (TPSA) is 42.7 Å². The van der Waals surface area contributed by atoms with Gasteiger partial charge in [0.15, 0.2) is 0 Å². The predicted octanol–water partition coefficient (Wildman–Crippen LogP) is 3.09. The number of nitrogens with one attached hydrogen (secondary N) is 1. The van der Waals surface area contributed by atoms with Crippen molar-refractivity contribution in [1.82, 2.24) is 14.8 Å². The van der Waals surface area contributed by atoms with E-state index >= 15 is 0 Å². The van der Waals surface area contributed by atoms with Crippen molar-refractivity contribution in [1.29, 1.82) is 0 Å². The van der Waals surface area contributed by atoms with Gasteiger partial charge in [0.1, 0.15) is 0 Å². The van der Waals surface area contributed by atoms with Crippen molar-refractivity contribution in [2.75, 3.05) is 5.32 Å². The second-order valence-corrected chi connectivity index (χ2v) is 4.99. The Morgan fingerprint density at radius 1 is 1.31 bits per heavy atom. The van der Waals surface area contributed by atoms with Crippen LogP contribution in [0.25, 0.3) is 0 Å². The Hall–Kier alpha value is -1.36. The van der Waals surface area contributed by atoms with E-state index in [1.165, 1.54) is 4.88 Å². The van der Waals surface area contributed by atoms with Gasteiger partial charge in [-0.15, -0.1) is 11.3 Å². The summed E-state index contributed by atoms with van der Waals surface area (Å²) in [6, 6.07) is 0.673. The third-order valence-corrected chi connectivity index (χ3v) is 3.35. The molecule has 0 bridgehead atoms. The Kier molecular flexibility index (Phi) is 3.24. The third kappa shape index (κ3) is 2.41. The average Bonchev–Trinajstić information content (AvgIpc) is 2.87. The van der Waals surface area contributed by atoms with E-state index in [4.69, 9.17) is 0 Å². The fourth-order valence-electron chi connectivity index (χ4n) is 1.46. The second-order valence-electron chi connectivity index (χ2n) is 4.07. The van der Waals surface area contributed by atoms with E-state index in [-0.39, 0.29) is 6.04 Å². The Bertz CT molecular complexity index is 433. The highest BCUT2D eigenvalue weighted by atomic mass is 32.1. The number of anilines is 1. The molecule has 4 nitrogen and oxygen atoms in total.